The maximum atomic E-state index is 12.2. The molecule has 2 aliphatic rings. The van der Waals surface area contributed by atoms with E-state index in [0.717, 1.165) is 55.6 Å². The van der Waals surface area contributed by atoms with Crippen LogP contribution in [0.25, 0.3) is 0 Å². The summed E-state index contributed by atoms with van der Waals surface area (Å²) in [5.41, 5.74) is 5.81. The number of hydrogen-bond donors (Lipinski definition) is 2. The van der Waals surface area contributed by atoms with E-state index in [4.69, 9.17) is 12.2 Å². The lowest BCUT2D eigenvalue weighted by Gasteiger charge is -2.32. The third-order valence-electron chi connectivity index (χ3n) is 6.75. The van der Waals surface area contributed by atoms with Crippen molar-refractivity contribution >= 4 is 34.6 Å². The van der Waals surface area contributed by atoms with Crippen molar-refractivity contribution in [1.29, 1.82) is 0 Å². The zero-order valence-electron chi connectivity index (χ0n) is 18.7. The van der Waals surface area contributed by atoms with Crippen LogP contribution < -0.4 is 15.5 Å². The second-order valence-electron chi connectivity index (χ2n) is 9.21. The molecule has 0 aromatic heterocycles. The molecule has 1 saturated heterocycles. The number of anilines is 2. The molecule has 31 heavy (non-hydrogen) atoms. The van der Waals surface area contributed by atoms with Gasteiger partial charge in [0.25, 0.3) is 0 Å². The lowest BCUT2D eigenvalue weighted by atomic mass is 9.89. The van der Waals surface area contributed by atoms with Crippen molar-refractivity contribution < 1.29 is 4.79 Å². The summed E-state index contributed by atoms with van der Waals surface area (Å²) in [7, 11) is 0. The molecule has 2 aromatic rings. The highest BCUT2D eigenvalue weighted by atomic mass is 32.1. The molecule has 0 spiro atoms. The van der Waals surface area contributed by atoms with Crippen LogP contribution in [-0.2, 0) is 11.2 Å². The van der Waals surface area contributed by atoms with Crippen LogP contribution in [0.2, 0.25) is 0 Å². The fraction of sp³-hybridized carbons (Fsp3) is 0.462. The first-order chi connectivity index (χ1) is 14.9. The Balaban J connectivity index is 1.42. The largest absolute Gasteiger partial charge is 0.357 e. The van der Waals surface area contributed by atoms with Gasteiger partial charge in [-0.2, -0.15) is 0 Å². The van der Waals surface area contributed by atoms with Crippen molar-refractivity contribution in [3.05, 3.63) is 59.2 Å². The molecule has 0 radical (unpaired) electrons. The van der Waals surface area contributed by atoms with E-state index in [1.54, 1.807) is 0 Å². The van der Waals surface area contributed by atoms with Crippen molar-refractivity contribution in [3.8, 4) is 0 Å². The van der Waals surface area contributed by atoms with E-state index in [2.05, 4.69) is 60.9 Å². The fourth-order valence-electron chi connectivity index (χ4n) is 5.02. The summed E-state index contributed by atoms with van der Waals surface area (Å²) in [4.78, 5) is 14.1. The topological polar surface area (TPSA) is 44.4 Å². The monoisotopic (exact) mass is 435 g/mol. The molecule has 5 heteroatoms. The summed E-state index contributed by atoms with van der Waals surface area (Å²) in [5.74, 6) is 0.210. The molecule has 1 aliphatic heterocycles. The fourth-order valence-corrected chi connectivity index (χ4v) is 5.36. The Labute approximate surface area is 191 Å². The van der Waals surface area contributed by atoms with Gasteiger partial charge in [-0.15, -0.1) is 0 Å². The minimum Gasteiger partial charge on any atom is -0.357 e. The molecule has 2 N–H and O–H groups in total. The van der Waals surface area contributed by atoms with Gasteiger partial charge in [-0.3, -0.25) is 4.79 Å². The average molecular weight is 436 g/mol. The van der Waals surface area contributed by atoms with Gasteiger partial charge < -0.3 is 15.5 Å². The average Bonchev–Trinajstić information content (AvgIpc) is 3.37. The highest BCUT2D eigenvalue weighted by Crippen LogP contribution is 2.34. The highest BCUT2D eigenvalue weighted by molar-refractivity contribution is 7.80. The minimum absolute atomic E-state index is 0.0618. The van der Waals surface area contributed by atoms with Crippen molar-refractivity contribution in [2.24, 2.45) is 0 Å². The Hall–Kier alpha value is -2.40. The number of benzene rings is 2. The van der Waals surface area contributed by atoms with Gasteiger partial charge in [0.15, 0.2) is 5.11 Å². The zero-order chi connectivity index (χ0) is 21.8. The van der Waals surface area contributed by atoms with E-state index in [1.807, 2.05) is 11.0 Å². The summed E-state index contributed by atoms with van der Waals surface area (Å²) < 4.78 is 0. The zero-order valence-corrected chi connectivity index (χ0v) is 19.5. The maximum absolute atomic E-state index is 12.2. The highest BCUT2D eigenvalue weighted by Gasteiger charge is 2.34. The lowest BCUT2D eigenvalue weighted by molar-refractivity contribution is -0.117. The van der Waals surface area contributed by atoms with Gasteiger partial charge in [0.2, 0.25) is 5.91 Å². The molecular weight excluding hydrogens is 402 g/mol. The smallest absolute Gasteiger partial charge is 0.227 e. The molecule has 0 atom stereocenters. The minimum atomic E-state index is 0.0618. The lowest BCUT2D eigenvalue weighted by Crippen LogP contribution is -2.48. The van der Waals surface area contributed by atoms with Gasteiger partial charge in [0, 0.05) is 29.9 Å². The third kappa shape index (κ3) is 5.27. The Bertz CT molecular complexity index is 965. The van der Waals surface area contributed by atoms with Crippen LogP contribution in [-0.4, -0.2) is 23.1 Å². The number of carbonyl (C=O) groups excluding carboxylic acids is 1. The summed E-state index contributed by atoms with van der Waals surface area (Å²) >= 11 is 5.73. The number of rotatable bonds is 6. The number of nitrogens with zero attached hydrogens (tertiary/aromatic N) is 1. The van der Waals surface area contributed by atoms with Gasteiger partial charge in [-0.25, -0.2) is 0 Å². The van der Waals surface area contributed by atoms with Crippen LogP contribution in [0.5, 0.6) is 0 Å². The van der Waals surface area contributed by atoms with E-state index in [-0.39, 0.29) is 11.4 Å². The molecule has 1 aliphatic carbocycles. The molecule has 1 saturated carbocycles. The summed E-state index contributed by atoms with van der Waals surface area (Å²) in [6, 6.07) is 15.0. The summed E-state index contributed by atoms with van der Waals surface area (Å²) in [5, 5.41) is 7.74. The van der Waals surface area contributed by atoms with Crippen LogP contribution in [0, 0.1) is 13.8 Å². The van der Waals surface area contributed by atoms with E-state index >= 15 is 0 Å². The van der Waals surface area contributed by atoms with Crippen molar-refractivity contribution in [2.75, 3.05) is 16.8 Å². The standard InChI is InChI=1S/C26H33N3OS/c1-19-7-5-8-21(17-19)12-15-26(13-3-4-14-26)28-25(31)27-22-11-10-20(2)23(18-22)29-16-6-9-24(29)30/h5,7-8,10-11,17-18H,3-4,6,9,12-16H2,1-2H3,(H2,27,28,31). The van der Waals surface area contributed by atoms with Crippen molar-refractivity contribution in [2.45, 2.75) is 70.8 Å². The van der Waals surface area contributed by atoms with E-state index < -0.39 is 0 Å². The van der Waals surface area contributed by atoms with E-state index in [0.29, 0.717) is 11.5 Å². The number of aryl methyl sites for hydroxylation is 3. The van der Waals surface area contributed by atoms with Gasteiger partial charge in [0.1, 0.15) is 0 Å². The van der Waals surface area contributed by atoms with E-state index in [9.17, 15) is 4.79 Å². The van der Waals surface area contributed by atoms with Gasteiger partial charge >= 0.3 is 0 Å². The van der Waals surface area contributed by atoms with Crippen LogP contribution in [0.1, 0.15) is 61.6 Å². The molecular formula is C26H33N3OS. The number of carbonyl (C=O) groups is 1. The normalized spacial score (nSPS) is 17.7. The van der Waals surface area contributed by atoms with Crippen LogP contribution in [0.3, 0.4) is 0 Å². The van der Waals surface area contributed by atoms with Gasteiger partial charge in [-0.05, 0) is 81.4 Å². The first-order valence-corrected chi connectivity index (χ1v) is 11.9. The molecule has 2 aromatic carbocycles. The van der Waals surface area contributed by atoms with Crippen LogP contribution in [0.4, 0.5) is 11.4 Å². The summed E-state index contributed by atoms with van der Waals surface area (Å²) in [6.07, 6.45) is 8.51. The maximum Gasteiger partial charge on any atom is 0.227 e. The SMILES string of the molecule is Cc1cccc(CCC2(NC(=S)Nc3ccc(C)c(N4CCCC4=O)c3)CCCC2)c1. The van der Waals surface area contributed by atoms with E-state index in [1.165, 1.54) is 24.0 Å². The van der Waals surface area contributed by atoms with Gasteiger partial charge in [0.05, 0.1) is 0 Å². The molecule has 164 valence electrons. The number of nitrogens with one attached hydrogen (secondary N) is 2. The molecule has 4 rings (SSSR count). The third-order valence-corrected chi connectivity index (χ3v) is 6.95. The molecule has 1 amide bonds. The first-order valence-electron chi connectivity index (χ1n) is 11.5. The predicted octanol–water partition coefficient (Wildman–Crippen LogP) is 5.66. The molecule has 0 unspecified atom stereocenters. The quantitative estimate of drug-likeness (QED) is 0.575. The van der Waals surface area contributed by atoms with Crippen LogP contribution in [0.15, 0.2) is 42.5 Å². The number of thiocarbonyl (C=S) groups is 1. The molecule has 4 nitrogen and oxygen atoms in total. The Morgan fingerprint density at radius 3 is 2.61 bits per heavy atom. The first kappa shape index (κ1) is 21.8. The van der Waals surface area contributed by atoms with Crippen molar-refractivity contribution in [1.82, 2.24) is 5.32 Å². The predicted molar refractivity (Wildman–Crippen MR) is 133 cm³/mol. The second-order valence-corrected chi connectivity index (χ2v) is 9.61. The Morgan fingerprint density at radius 2 is 1.90 bits per heavy atom. The molecule has 0 bridgehead atoms. The summed E-state index contributed by atoms with van der Waals surface area (Å²) in [6.45, 7) is 5.01. The number of amides is 1. The van der Waals surface area contributed by atoms with Gasteiger partial charge in [-0.1, -0.05) is 48.7 Å². The number of hydrogen-bond acceptors (Lipinski definition) is 2. The molecule has 1 heterocycles. The Morgan fingerprint density at radius 1 is 1.10 bits per heavy atom. The Kier molecular flexibility index (Phi) is 6.61. The molecule has 2 fully saturated rings. The second kappa shape index (κ2) is 9.39. The van der Waals surface area contributed by atoms with Crippen molar-refractivity contribution in [3.63, 3.8) is 0 Å². The van der Waals surface area contributed by atoms with Crippen LogP contribution >= 0.6 is 12.2 Å².